The second-order valence-electron chi connectivity index (χ2n) is 5.99. The van der Waals surface area contributed by atoms with Gasteiger partial charge in [0.25, 0.3) is 0 Å². The molecule has 20 heavy (non-hydrogen) atoms. The summed E-state index contributed by atoms with van der Waals surface area (Å²) >= 11 is 2.01. The number of thioether (sulfide) groups is 1. The number of rotatable bonds is 10. The normalized spacial score (nSPS) is 13.3. The van der Waals surface area contributed by atoms with Gasteiger partial charge in [0, 0.05) is 24.8 Å². The number of hydrogen-bond donors (Lipinski definition) is 1. The van der Waals surface area contributed by atoms with E-state index < -0.39 is 0 Å². The van der Waals surface area contributed by atoms with Gasteiger partial charge in [-0.3, -0.25) is 0 Å². The maximum absolute atomic E-state index is 4.45. The molecule has 0 aliphatic heterocycles. The molecule has 1 aromatic heterocycles. The Labute approximate surface area is 128 Å². The largest absolute Gasteiger partial charge is 0.313 e. The Bertz CT molecular complexity index is 363. The SMILES string of the molecule is CCCNC(CSC(C)C)Cc1ncnn1CC(C)C. The quantitative estimate of drug-likeness (QED) is 0.721. The molecule has 0 aromatic carbocycles. The topological polar surface area (TPSA) is 42.7 Å². The highest BCUT2D eigenvalue weighted by Gasteiger charge is 2.14. The molecule has 5 heteroatoms. The van der Waals surface area contributed by atoms with Gasteiger partial charge in [0.15, 0.2) is 0 Å². The van der Waals surface area contributed by atoms with Gasteiger partial charge >= 0.3 is 0 Å². The van der Waals surface area contributed by atoms with Crippen LogP contribution in [0.1, 0.15) is 46.9 Å². The molecule has 0 spiro atoms. The first-order chi connectivity index (χ1) is 9.52. The summed E-state index contributed by atoms with van der Waals surface area (Å²) in [7, 11) is 0. The van der Waals surface area contributed by atoms with Crippen molar-refractivity contribution in [2.75, 3.05) is 12.3 Å². The van der Waals surface area contributed by atoms with Crippen molar-refractivity contribution in [2.45, 2.75) is 65.3 Å². The molecule has 1 rings (SSSR count). The van der Waals surface area contributed by atoms with Gasteiger partial charge < -0.3 is 5.32 Å². The number of nitrogens with one attached hydrogen (secondary N) is 1. The summed E-state index contributed by atoms with van der Waals surface area (Å²) in [4.78, 5) is 4.45. The standard InChI is InChI=1S/C15H30N4S/c1-6-7-16-14(10-20-13(4)5)8-15-17-11-18-19(15)9-12(2)3/h11-14,16H,6-10H2,1-5H3. The molecule has 0 radical (unpaired) electrons. The molecule has 4 nitrogen and oxygen atoms in total. The predicted molar refractivity (Wildman–Crippen MR) is 88.2 cm³/mol. The molecule has 0 amide bonds. The van der Waals surface area contributed by atoms with Gasteiger partial charge in [-0.1, -0.05) is 34.6 Å². The fraction of sp³-hybridized carbons (Fsp3) is 0.867. The lowest BCUT2D eigenvalue weighted by atomic mass is 10.2. The van der Waals surface area contributed by atoms with Gasteiger partial charge in [-0.05, 0) is 24.1 Å². The van der Waals surface area contributed by atoms with Crippen molar-refractivity contribution in [2.24, 2.45) is 5.92 Å². The lowest BCUT2D eigenvalue weighted by molar-refractivity contribution is 0.449. The molecular formula is C15H30N4S. The minimum absolute atomic E-state index is 0.484. The molecule has 1 unspecified atom stereocenters. The minimum atomic E-state index is 0.484. The smallest absolute Gasteiger partial charge is 0.138 e. The molecule has 1 aromatic rings. The van der Waals surface area contributed by atoms with Crippen molar-refractivity contribution < 1.29 is 0 Å². The van der Waals surface area contributed by atoms with Crippen molar-refractivity contribution in [1.82, 2.24) is 20.1 Å². The lowest BCUT2D eigenvalue weighted by Crippen LogP contribution is -2.35. The van der Waals surface area contributed by atoms with E-state index in [1.165, 1.54) is 6.42 Å². The Morgan fingerprint density at radius 1 is 1.30 bits per heavy atom. The van der Waals surface area contributed by atoms with Crippen molar-refractivity contribution >= 4 is 11.8 Å². The Kier molecular flexibility index (Phi) is 8.22. The van der Waals surface area contributed by atoms with Crippen LogP contribution in [0.3, 0.4) is 0 Å². The van der Waals surface area contributed by atoms with E-state index in [9.17, 15) is 0 Å². The second kappa shape index (κ2) is 9.40. The summed E-state index contributed by atoms with van der Waals surface area (Å²) in [6, 6.07) is 0.484. The first kappa shape index (κ1) is 17.5. The van der Waals surface area contributed by atoms with Crippen LogP contribution in [-0.4, -0.2) is 38.4 Å². The third-order valence-electron chi connectivity index (χ3n) is 2.98. The Morgan fingerprint density at radius 2 is 2.05 bits per heavy atom. The second-order valence-corrected chi connectivity index (χ2v) is 7.60. The molecular weight excluding hydrogens is 268 g/mol. The summed E-state index contributed by atoms with van der Waals surface area (Å²) in [6.07, 6.45) is 3.82. The molecule has 1 heterocycles. The van der Waals surface area contributed by atoms with E-state index in [0.717, 1.165) is 31.1 Å². The van der Waals surface area contributed by atoms with Crippen LogP contribution in [0.2, 0.25) is 0 Å². The Morgan fingerprint density at radius 3 is 2.65 bits per heavy atom. The van der Waals surface area contributed by atoms with E-state index in [1.54, 1.807) is 6.33 Å². The Balaban J connectivity index is 2.60. The van der Waals surface area contributed by atoms with Gasteiger partial charge in [0.2, 0.25) is 0 Å². The zero-order valence-electron chi connectivity index (χ0n) is 13.6. The number of aromatic nitrogens is 3. The van der Waals surface area contributed by atoms with Gasteiger partial charge in [0.1, 0.15) is 12.2 Å². The van der Waals surface area contributed by atoms with Crippen molar-refractivity contribution in [3.8, 4) is 0 Å². The average molecular weight is 298 g/mol. The Hall–Kier alpha value is -0.550. The molecule has 0 aliphatic rings. The third kappa shape index (κ3) is 6.75. The summed E-state index contributed by atoms with van der Waals surface area (Å²) < 4.78 is 2.06. The summed E-state index contributed by atoms with van der Waals surface area (Å²) in [5.41, 5.74) is 0. The molecule has 0 saturated carbocycles. The summed E-state index contributed by atoms with van der Waals surface area (Å²) in [6.45, 7) is 13.2. The van der Waals surface area contributed by atoms with Crippen LogP contribution in [0.15, 0.2) is 6.33 Å². The van der Waals surface area contributed by atoms with Crippen LogP contribution in [0, 0.1) is 5.92 Å². The molecule has 1 atom stereocenters. The molecule has 1 N–H and O–H groups in total. The monoisotopic (exact) mass is 298 g/mol. The van der Waals surface area contributed by atoms with Gasteiger partial charge in [0.05, 0.1) is 0 Å². The predicted octanol–water partition coefficient (Wildman–Crippen LogP) is 2.99. The van der Waals surface area contributed by atoms with Gasteiger partial charge in [-0.25, -0.2) is 9.67 Å². The lowest BCUT2D eigenvalue weighted by Gasteiger charge is -2.19. The minimum Gasteiger partial charge on any atom is -0.313 e. The zero-order valence-corrected chi connectivity index (χ0v) is 14.4. The highest BCUT2D eigenvalue weighted by atomic mass is 32.2. The summed E-state index contributed by atoms with van der Waals surface area (Å²) in [5.74, 6) is 2.84. The molecule has 0 aliphatic carbocycles. The average Bonchev–Trinajstić information content (AvgIpc) is 2.79. The van der Waals surface area contributed by atoms with E-state index in [1.807, 2.05) is 11.8 Å². The first-order valence-electron chi connectivity index (χ1n) is 7.74. The molecule has 0 fully saturated rings. The van der Waals surface area contributed by atoms with E-state index >= 15 is 0 Å². The van der Waals surface area contributed by atoms with Crippen molar-refractivity contribution in [3.05, 3.63) is 12.2 Å². The molecule has 0 bridgehead atoms. The van der Waals surface area contributed by atoms with E-state index in [0.29, 0.717) is 17.2 Å². The van der Waals surface area contributed by atoms with Crippen LogP contribution in [0.25, 0.3) is 0 Å². The van der Waals surface area contributed by atoms with E-state index in [2.05, 4.69) is 54.7 Å². The zero-order chi connectivity index (χ0) is 15.0. The van der Waals surface area contributed by atoms with Gasteiger partial charge in [-0.15, -0.1) is 0 Å². The number of nitrogens with zero attached hydrogens (tertiary/aromatic N) is 3. The number of hydrogen-bond acceptors (Lipinski definition) is 4. The van der Waals surface area contributed by atoms with E-state index in [4.69, 9.17) is 0 Å². The van der Waals surface area contributed by atoms with Crippen LogP contribution in [0.4, 0.5) is 0 Å². The maximum Gasteiger partial charge on any atom is 0.138 e. The highest BCUT2D eigenvalue weighted by molar-refractivity contribution is 7.99. The first-order valence-corrected chi connectivity index (χ1v) is 8.79. The molecule has 116 valence electrons. The fourth-order valence-corrected chi connectivity index (χ4v) is 2.86. The third-order valence-corrected chi connectivity index (χ3v) is 4.24. The van der Waals surface area contributed by atoms with Crippen LogP contribution in [0.5, 0.6) is 0 Å². The van der Waals surface area contributed by atoms with Gasteiger partial charge in [-0.2, -0.15) is 16.9 Å². The fourth-order valence-electron chi connectivity index (χ4n) is 2.01. The van der Waals surface area contributed by atoms with Crippen LogP contribution >= 0.6 is 11.8 Å². The van der Waals surface area contributed by atoms with Crippen LogP contribution < -0.4 is 5.32 Å². The van der Waals surface area contributed by atoms with E-state index in [-0.39, 0.29) is 0 Å². The van der Waals surface area contributed by atoms with Crippen LogP contribution in [-0.2, 0) is 13.0 Å². The maximum atomic E-state index is 4.45. The van der Waals surface area contributed by atoms with Crippen molar-refractivity contribution in [3.63, 3.8) is 0 Å². The molecule has 0 saturated heterocycles. The van der Waals surface area contributed by atoms with Crippen molar-refractivity contribution in [1.29, 1.82) is 0 Å². The summed E-state index contributed by atoms with van der Waals surface area (Å²) in [5, 5.41) is 8.67. The highest BCUT2D eigenvalue weighted by Crippen LogP contribution is 2.13.